The molecule has 0 unspecified atom stereocenters. The van der Waals surface area contributed by atoms with E-state index in [9.17, 15) is 15.3 Å². The van der Waals surface area contributed by atoms with Crippen molar-refractivity contribution in [1.82, 2.24) is 19.1 Å². The summed E-state index contributed by atoms with van der Waals surface area (Å²) in [6.45, 7) is 11.7. The van der Waals surface area contributed by atoms with Crippen molar-refractivity contribution in [2.24, 2.45) is 17.8 Å². The van der Waals surface area contributed by atoms with Gasteiger partial charge in [0, 0.05) is 6.54 Å². The molecule has 6 atom stereocenters. The lowest BCUT2D eigenvalue weighted by molar-refractivity contribution is -0.0511. The maximum absolute atomic E-state index is 10.3. The summed E-state index contributed by atoms with van der Waals surface area (Å²) >= 11 is 0. The lowest BCUT2D eigenvalue weighted by Crippen LogP contribution is -2.33. The number of nitrogens with zero attached hydrogens (tertiary/aromatic N) is 4. The number of rotatable bonds is 16. The highest BCUT2D eigenvalue weighted by molar-refractivity contribution is 5.68. The molecule has 2 aromatic rings. The van der Waals surface area contributed by atoms with Crippen LogP contribution in [-0.2, 0) is 11.3 Å². The summed E-state index contributed by atoms with van der Waals surface area (Å²) in [6, 6.07) is 0. The molecule has 2 aromatic heterocycles. The Hall–Kier alpha value is -2.07. The van der Waals surface area contributed by atoms with Crippen LogP contribution in [0.5, 0.6) is 0 Å². The van der Waals surface area contributed by atoms with Gasteiger partial charge in [-0.05, 0) is 37.5 Å². The van der Waals surface area contributed by atoms with E-state index in [4.69, 9.17) is 10.1 Å². The highest BCUT2D eigenvalue weighted by Gasteiger charge is 2.44. The minimum atomic E-state index is -1.22. The van der Waals surface area contributed by atoms with Gasteiger partial charge in [-0.15, -0.1) is 0 Å². The van der Waals surface area contributed by atoms with Crippen LogP contribution in [-0.4, -0.2) is 59.3 Å². The standard InChI is InChI=1S/C30H51N5O4/c1-20(2)9-6-10-21(3)11-7-12-22(4)13-8-14-23(5)15-16-34-18-33-29-25(28(34)31)32-19-35(29)30-27(38)26(37)24(17-36)39-30/h15,18-22,24,26-27,30-31,36-38H,6-14,16-17H2,1-5H3/b23-15+,31-28?/t21-,22-,24-,26-,27-,30-/m1/s1. The van der Waals surface area contributed by atoms with Crippen LogP contribution < -0.4 is 5.49 Å². The number of fused-ring (bicyclic) bond motifs is 1. The van der Waals surface area contributed by atoms with E-state index in [0.717, 1.165) is 24.2 Å². The zero-order chi connectivity index (χ0) is 28.5. The van der Waals surface area contributed by atoms with E-state index in [2.05, 4.69) is 50.7 Å². The topological polar surface area (TPSA) is 129 Å². The first-order chi connectivity index (χ1) is 18.6. The second-order valence-corrected chi connectivity index (χ2v) is 12.2. The van der Waals surface area contributed by atoms with E-state index < -0.39 is 31.1 Å². The molecule has 3 heterocycles. The maximum Gasteiger partial charge on any atom is 0.167 e. The Labute approximate surface area is 233 Å². The molecule has 0 bridgehead atoms. The van der Waals surface area contributed by atoms with E-state index in [1.165, 1.54) is 67.8 Å². The summed E-state index contributed by atoms with van der Waals surface area (Å²) in [5, 5.41) is 38.4. The minimum Gasteiger partial charge on any atom is -0.394 e. The van der Waals surface area contributed by atoms with Gasteiger partial charge < -0.3 is 24.6 Å². The third kappa shape index (κ3) is 8.71. The Morgan fingerprint density at radius 1 is 0.974 bits per heavy atom. The Kier molecular flexibility index (Phi) is 12.2. The zero-order valence-electron chi connectivity index (χ0n) is 24.6. The molecule has 0 radical (unpaired) electrons. The molecule has 1 fully saturated rings. The SMILES string of the molecule is C/C(=C\Cn1cnc2c(ncn2[C@@H]2O[C@H](CO)[C@@H](O)[C@H]2O)c1=N)CCC[C@H](C)CCC[C@H](C)CCCC(C)C. The first-order valence-corrected chi connectivity index (χ1v) is 14.9. The fourth-order valence-corrected chi connectivity index (χ4v) is 5.47. The van der Waals surface area contributed by atoms with Crippen LogP contribution in [0.25, 0.3) is 11.2 Å². The molecule has 9 heteroatoms. The number of hydrogen-bond donors (Lipinski definition) is 4. The van der Waals surface area contributed by atoms with Gasteiger partial charge in [-0.25, -0.2) is 9.97 Å². The molecular weight excluding hydrogens is 494 g/mol. The Balaban J connectivity index is 1.44. The molecule has 39 heavy (non-hydrogen) atoms. The minimum absolute atomic E-state index is 0.224. The summed E-state index contributed by atoms with van der Waals surface area (Å²) < 4.78 is 8.85. The van der Waals surface area contributed by atoms with Gasteiger partial charge in [0.1, 0.15) is 23.8 Å². The summed E-state index contributed by atoms with van der Waals surface area (Å²) in [7, 11) is 0. The van der Waals surface area contributed by atoms with Gasteiger partial charge in [-0.1, -0.05) is 84.3 Å². The molecule has 0 aliphatic carbocycles. The van der Waals surface area contributed by atoms with E-state index in [1.807, 2.05) is 0 Å². The highest BCUT2D eigenvalue weighted by atomic mass is 16.6. The molecule has 1 saturated heterocycles. The van der Waals surface area contributed by atoms with E-state index >= 15 is 0 Å². The fraction of sp³-hybridized carbons (Fsp3) is 0.767. The molecule has 0 spiro atoms. The number of nitrogens with one attached hydrogen (secondary N) is 1. The molecule has 0 aromatic carbocycles. The third-order valence-electron chi connectivity index (χ3n) is 8.17. The number of aliphatic hydroxyl groups is 3. The largest absolute Gasteiger partial charge is 0.394 e. The van der Waals surface area contributed by atoms with Gasteiger partial charge in [0.05, 0.1) is 19.3 Å². The van der Waals surface area contributed by atoms with Crippen molar-refractivity contribution in [1.29, 1.82) is 5.41 Å². The molecule has 0 saturated carbocycles. The molecule has 9 nitrogen and oxygen atoms in total. The predicted molar refractivity (Wildman–Crippen MR) is 153 cm³/mol. The number of aromatic nitrogens is 4. The lowest BCUT2D eigenvalue weighted by Gasteiger charge is -2.16. The van der Waals surface area contributed by atoms with Crippen molar-refractivity contribution in [3.63, 3.8) is 0 Å². The fourth-order valence-electron chi connectivity index (χ4n) is 5.47. The zero-order valence-corrected chi connectivity index (χ0v) is 24.6. The first kappa shape index (κ1) is 31.5. The number of hydrogen-bond acceptors (Lipinski definition) is 7. The Bertz CT molecular complexity index is 1110. The molecule has 1 aliphatic rings. The van der Waals surface area contributed by atoms with Crippen LogP contribution in [0.1, 0.15) is 98.6 Å². The molecule has 4 N–H and O–H groups in total. The summed E-state index contributed by atoms with van der Waals surface area (Å²) in [5.41, 5.74) is 2.32. The summed E-state index contributed by atoms with van der Waals surface area (Å²) in [5.74, 6) is 2.42. The average molecular weight is 546 g/mol. The van der Waals surface area contributed by atoms with Gasteiger partial charge in [-0.3, -0.25) is 9.98 Å². The lowest BCUT2D eigenvalue weighted by atomic mass is 9.91. The van der Waals surface area contributed by atoms with Crippen LogP contribution >= 0.6 is 0 Å². The second kappa shape index (κ2) is 15.1. The second-order valence-electron chi connectivity index (χ2n) is 12.2. The van der Waals surface area contributed by atoms with Crippen molar-refractivity contribution in [2.45, 2.75) is 123 Å². The van der Waals surface area contributed by atoms with Crippen molar-refractivity contribution in [3.8, 4) is 0 Å². The Morgan fingerprint density at radius 3 is 2.23 bits per heavy atom. The molecule has 3 rings (SSSR count). The van der Waals surface area contributed by atoms with Crippen LogP contribution in [0.2, 0.25) is 0 Å². The van der Waals surface area contributed by atoms with Crippen LogP contribution in [0.3, 0.4) is 0 Å². The summed E-state index contributed by atoms with van der Waals surface area (Å²) in [4.78, 5) is 8.79. The molecule has 0 amide bonds. The van der Waals surface area contributed by atoms with Crippen molar-refractivity contribution in [3.05, 3.63) is 29.8 Å². The van der Waals surface area contributed by atoms with Crippen molar-refractivity contribution < 1.29 is 20.1 Å². The van der Waals surface area contributed by atoms with E-state index in [-0.39, 0.29) is 5.49 Å². The van der Waals surface area contributed by atoms with Gasteiger partial charge in [0.25, 0.3) is 0 Å². The van der Waals surface area contributed by atoms with E-state index in [0.29, 0.717) is 17.7 Å². The van der Waals surface area contributed by atoms with Crippen molar-refractivity contribution >= 4 is 11.2 Å². The monoisotopic (exact) mass is 545 g/mol. The van der Waals surface area contributed by atoms with Crippen molar-refractivity contribution in [2.75, 3.05) is 6.61 Å². The number of ether oxygens (including phenoxy) is 1. The quantitative estimate of drug-likeness (QED) is 0.226. The third-order valence-corrected chi connectivity index (χ3v) is 8.17. The maximum atomic E-state index is 10.3. The van der Waals surface area contributed by atoms with Gasteiger partial charge in [0.2, 0.25) is 0 Å². The average Bonchev–Trinajstić information content (AvgIpc) is 3.44. The number of aliphatic hydroxyl groups excluding tert-OH is 3. The number of imidazole rings is 1. The molecule has 220 valence electrons. The first-order valence-electron chi connectivity index (χ1n) is 14.9. The van der Waals surface area contributed by atoms with Gasteiger partial charge in [-0.2, -0.15) is 0 Å². The van der Waals surface area contributed by atoms with Crippen LogP contribution in [0.15, 0.2) is 24.3 Å². The Morgan fingerprint density at radius 2 is 1.62 bits per heavy atom. The smallest absolute Gasteiger partial charge is 0.167 e. The predicted octanol–water partition coefficient (Wildman–Crippen LogP) is 4.71. The number of allylic oxidation sites excluding steroid dienone is 2. The van der Waals surface area contributed by atoms with Gasteiger partial charge in [0.15, 0.2) is 17.4 Å². The normalized spacial score (nSPS) is 23.7. The summed E-state index contributed by atoms with van der Waals surface area (Å²) in [6.07, 6.45) is 12.5. The molecule has 1 aliphatic heterocycles. The highest BCUT2D eigenvalue weighted by Crippen LogP contribution is 2.30. The van der Waals surface area contributed by atoms with Crippen LogP contribution in [0.4, 0.5) is 0 Å². The molecular formula is C30H51N5O4. The van der Waals surface area contributed by atoms with Gasteiger partial charge >= 0.3 is 0 Å². The van der Waals surface area contributed by atoms with E-state index in [1.54, 1.807) is 10.9 Å². The van der Waals surface area contributed by atoms with Crippen LogP contribution in [0, 0.1) is 23.2 Å².